The minimum atomic E-state index is -0.483. The number of carbonyl (C=O) groups excluding carboxylic acids is 3. The summed E-state index contributed by atoms with van der Waals surface area (Å²) in [7, 11) is 1.30. The van der Waals surface area contributed by atoms with Crippen LogP contribution in [0.1, 0.15) is 16.8 Å². The van der Waals surface area contributed by atoms with Gasteiger partial charge in [0.15, 0.2) is 0 Å². The van der Waals surface area contributed by atoms with E-state index < -0.39 is 11.9 Å². The number of anilines is 2. The molecule has 1 N–H and O–H groups in total. The Morgan fingerprint density at radius 3 is 2.69 bits per heavy atom. The van der Waals surface area contributed by atoms with Crippen LogP contribution < -0.4 is 10.2 Å². The van der Waals surface area contributed by atoms with E-state index in [0.29, 0.717) is 22.0 Å². The van der Waals surface area contributed by atoms with Crippen LogP contribution in [-0.2, 0) is 14.3 Å². The maximum atomic E-state index is 12.5. The van der Waals surface area contributed by atoms with Gasteiger partial charge in [-0.1, -0.05) is 23.7 Å². The Bertz CT molecular complexity index is 868. The molecule has 6 nitrogen and oxygen atoms in total. The molecule has 3 rings (SSSR count). The average Bonchev–Trinajstić information content (AvgIpc) is 3.03. The molecular formula is C19H17ClN2O4. The Balaban J connectivity index is 1.72. The number of rotatable bonds is 4. The van der Waals surface area contributed by atoms with E-state index in [0.717, 1.165) is 0 Å². The van der Waals surface area contributed by atoms with E-state index in [9.17, 15) is 14.4 Å². The Labute approximate surface area is 155 Å². The fourth-order valence-electron chi connectivity index (χ4n) is 2.86. The summed E-state index contributed by atoms with van der Waals surface area (Å²) in [6, 6.07) is 13.4. The number of nitrogens with zero attached hydrogens (tertiary/aromatic N) is 1. The highest BCUT2D eigenvalue weighted by Gasteiger charge is 2.35. The second-order valence-electron chi connectivity index (χ2n) is 5.95. The Morgan fingerprint density at radius 1 is 1.19 bits per heavy atom. The number of carbonyl (C=O) groups is 3. The summed E-state index contributed by atoms with van der Waals surface area (Å²) >= 11 is 5.92. The molecule has 134 valence electrons. The largest absolute Gasteiger partial charge is 0.465 e. The van der Waals surface area contributed by atoms with Crippen molar-refractivity contribution in [1.82, 2.24) is 0 Å². The normalized spacial score (nSPS) is 16.5. The number of amides is 2. The third kappa shape index (κ3) is 3.86. The maximum Gasteiger partial charge on any atom is 0.337 e. The van der Waals surface area contributed by atoms with Crippen LogP contribution in [-0.4, -0.2) is 31.4 Å². The van der Waals surface area contributed by atoms with Gasteiger partial charge in [0, 0.05) is 29.4 Å². The fourth-order valence-corrected chi connectivity index (χ4v) is 3.05. The van der Waals surface area contributed by atoms with Gasteiger partial charge in [-0.25, -0.2) is 4.79 Å². The summed E-state index contributed by atoms with van der Waals surface area (Å²) in [6.45, 7) is 0.246. The second kappa shape index (κ2) is 7.58. The minimum Gasteiger partial charge on any atom is -0.465 e. The van der Waals surface area contributed by atoms with Gasteiger partial charge in [-0.05, 0) is 36.4 Å². The smallest absolute Gasteiger partial charge is 0.337 e. The van der Waals surface area contributed by atoms with Crippen molar-refractivity contribution in [3.8, 4) is 0 Å². The van der Waals surface area contributed by atoms with Crippen LogP contribution in [0.4, 0.5) is 11.4 Å². The van der Waals surface area contributed by atoms with Crippen molar-refractivity contribution in [1.29, 1.82) is 0 Å². The monoisotopic (exact) mass is 372 g/mol. The highest BCUT2D eigenvalue weighted by atomic mass is 35.5. The highest BCUT2D eigenvalue weighted by molar-refractivity contribution is 6.30. The Hall–Kier alpha value is -2.86. The summed E-state index contributed by atoms with van der Waals surface area (Å²) < 4.78 is 4.70. The SMILES string of the molecule is COC(=O)c1cccc(N2CC(C(=O)Nc3cccc(Cl)c3)CC2=O)c1. The molecule has 1 saturated heterocycles. The summed E-state index contributed by atoms with van der Waals surface area (Å²) in [6.07, 6.45) is 0.106. The van der Waals surface area contributed by atoms with Crippen molar-refractivity contribution in [2.45, 2.75) is 6.42 Å². The van der Waals surface area contributed by atoms with Gasteiger partial charge in [0.05, 0.1) is 18.6 Å². The first-order chi connectivity index (χ1) is 12.5. The van der Waals surface area contributed by atoms with E-state index in [2.05, 4.69) is 5.32 Å². The van der Waals surface area contributed by atoms with Gasteiger partial charge in [-0.3, -0.25) is 9.59 Å². The van der Waals surface area contributed by atoms with E-state index in [1.165, 1.54) is 12.0 Å². The highest BCUT2D eigenvalue weighted by Crippen LogP contribution is 2.27. The van der Waals surface area contributed by atoms with E-state index in [-0.39, 0.29) is 24.8 Å². The van der Waals surface area contributed by atoms with Crippen LogP contribution in [0.5, 0.6) is 0 Å². The molecule has 0 aromatic heterocycles. The van der Waals surface area contributed by atoms with Crippen LogP contribution in [0.2, 0.25) is 5.02 Å². The third-order valence-electron chi connectivity index (χ3n) is 4.17. The molecule has 1 unspecified atom stereocenters. The van der Waals surface area contributed by atoms with E-state index in [4.69, 9.17) is 16.3 Å². The zero-order valence-corrected chi connectivity index (χ0v) is 14.8. The molecule has 0 bridgehead atoms. The molecule has 0 radical (unpaired) electrons. The van der Waals surface area contributed by atoms with Gasteiger partial charge in [0.2, 0.25) is 11.8 Å². The van der Waals surface area contributed by atoms with Gasteiger partial charge < -0.3 is 15.0 Å². The molecule has 7 heteroatoms. The molecule has 26 heavy (non-hydrogen) atoms. The quantitative estimate of drug-likeness (QED) is 0.837. The third-order valence-corrected chi connectivity index (χ3v) is 4.40. The van der Waals surface area contributed by atoms with Crippen LogP contribution in [0.3, 0.4) is 0 Å². The van der Waals surface area contributed by atoms with Crippen molar-refractivity contribution in [3.63, 3.8) is 0 Å². The van der Waals surface area contributed by atoms with Crippen molar-refractivity contribution in [3.05, 3.63) is 59.1 Å². The number of esters is 1. The lowest BCUT2D eigenvalue weighted by atomic mass is 10.1. The van der Waals surface area contributed by atoms with Crippen LogP contribution >= 0.6 is 11.6 Å². The predicted octanol–water partition coefficient (Wildman–Crippen LogP) is 3.12. The van der Waals surface area contributed by atoms with Crippen molar-refractivity contribution < 1.29 is 19.1 Å². The fraction of sp³-hybridized carbons (Fsp3) is 0.211. The number of hydrogen-bond acceptors (Lipinski definition) is 4. The number of benzene rings is 2. The first-order valence-corrected chi connectivity index (χ1v) is 8.41. The molecule has 0 spiro atoms. The number of hydrogen-bond donors (Lipinski definition) is 1. The van der Waals surface area contributed by atoms with E-state index in [1.807, 2.05) is 0 Å². The molecule has 1 heterocycles. The van der Waals surface area contributed by atoms with Crippen LogP contribution in [0, 0.1) is 5.92 Å². The zero-order valence-electron chi connectivity index (χ0n) is 14.1. The van der Waals surface area contributed by atoms with Crippen molar-refractivity contribution in [2.24, 2.45) is 5.92 Å². The second-order valence-corrected chi connectivity index (χ2v) is 6.38. The molecule has 2 aromatic rings. The lowest BCUT2D eigenvalue weighted by molar-refractivity contribution is -0.122. The standard InChI is InChI=1S/C19H17ClN2O4/c1-26-19(25)12-4-2-7-16(8-12)22-11-13(9-17(22)23)18(24)21-15-6-3-5-14(20)10-15/h2-8,10,13H,9,11H2,1H3,(H,21,24). The van der Waals surface area contributed by atoms with Crippen LogP contribution in [0.15, 0.2) is 48.5 Å². The number of methoxy groups -OCH3 is 1. The van der Waals surface area contributed by atoms with E-state index >= 15 is 0 Å². The zero-order chi connectivity index (χ0) is 18.7. The van der Waals surface area contributed by atoms with E-state index in [1.54, 1.807) is 48.5 Å². The van der Waals surface area contributed by atoms with Gasteiger partial charge in [-0.2, -0.15) is 0 Å². The number of ether oxygens (including phenoxy) is 1. The molecule has 1 atom stereocenters. The number of nitrogens with one attached hydrogen (secondary N) is 1. The van der Waals surface area contributed by atoms with Crippen molar-refractivity contribution >= 4 is 40.8 Å². The lowest BCUT2D eigenvalue weighted by Gasteiger charge is -2.17. The van der Waals surface area contributed by atoms with Gasteiger partial charge in [0.1, 0.15) is 0 Å². The van der Waals surface area contributed by atoms with Crippen molar-refractivity contribution in [2.75, 3.05) is 23.9 Å². The van der Waals surface area contributed by atoms with Gasteiger partial charge >= 0.3 is 5.97 Å². The molecule has 1 aliphatic heterocycles. The number of halogens is 1. The summed E-state index contributed by atoms with van der Waals surface area (Å²) in [4.78, 5) is 38.0. The first kappa shape index (κ1) is 17.9. The molecule has 2 aromatic carbocycles. The minimum absolute atomic E-state index is 0.106. The summed E-state index contributed by atoms with van der Waals surface area (Å²) in [5.74, 6) is -1.37. The lowest BCUT2D eigenvalue weighted by Crippen LogP contribution is -2.28. The Kier molecular flexibility index (Phi) is 5.23. The molecule has 1 aliphatic rings. The van der Waals surface area contributed by atoms with Crippen LogP contribution in [0.25, 0.3) is 0 Å². The molecule has 0 aliphatic carbocycles. The molecular weight excluding hydrogens is 356 g/mol. The predicted molar refractivity (Wildman–Crippen MR) is 98.3 cm³/mol. The van der Waals surface area contributed by atoms with Gasteiger partial charge in [0.25, 0.3) is 0 Å². The molecule has 1 fully saturated rings. The van der Waals surface area contributed by atoms with Gasteiger partial charge in [-0.15, -0.1) is 0 Å². The summed E-state index contributed by atoms with van der Waals surface area (Å²) in [5, 5.41) is 3.30. The first-order valence-electron chi connectivity index (χ1n) is 8.03. The summed E-state index contributed by atoms with van der Waals surface area (Å²) in [5.41, 5.74) is 1.50. The molecule has 0 saturated carbocycles. The average molecular weight is 373 g/mol. The molecule has 2 amide bonds. The topological polar surface area (TPSA) is 75.7 Å². The maximum absolute atomic E-state index is 12.5. The Morgan fingerprint density at radius 2 is 1.96 bits per heavy atom.